The van der Waals surface area contributed by atoms with Crippen molar-refractivity contribution in [3.63, 3.8) is 0 Å². The van der Waals surface area contributed by atoms with Crippen molar-refractivity contribution in [2.75, 3.05) is 36.2 Å². The molecule has 0 spiro atoms. The Hall–Kier alpha value is -3.57. The minimum atomic E-state index is -4.46. The molecule has 2 N–H and O–H groups in total. The van der Waals surface area contributed by atoms with Crippen LogP contribution in [0.1, 0.15) is 69.4 Å². The summed E-state index contributed by atoms with van der Waals surface area (Å²) in [4.78, 5) is 13.9. The first kappa shape index (κ1) is 37.2. The molecule has 4 aromatic rings. The van der Waals surface area contributed by atoms with Crippen LogP contribution in [0.4, 0.5) is 20.4 Å². The van der Waals surface area contributed by atoms with E-state index in [0.29, 0.717) is 67.7 Å². The monoisotopic (exact) mass is 759 g/mol. The lowest BCUT2D eigenvalue weighted by Gasteiger charge is -2.35. The lowest BCUT2D eigenvalue weighted by molar-refractivity contribution is 0.282. The van der Waals surface area contributed by atoms with E-state index in [0.717, 1.165) is 43.2 Å². The number of hydrogen-bond donors (Lipinski definition) is 2. The molecule has 0 aliphatic carbocycles. The van der Waals surface area contributed by atoms with Gasteiger partial charge in [0.05, 0.1) is 27.0 Å². The highest BCUT2D eigenvalue weighted by Crippen LogP contribution is 2.39. The van der Waals surface area contributed by atoms with E-state index < -0.39 is 36.8 Å². The predicted molar refractivity (Wildman–Crippen MR) is 196 cm³/mol. The zero-order valence-corrected chi connectivity index (χ0v) is 31.2. The zero-order chi connectivity index (χ0) is 36.2. The van der Waals surface area contributed by atoms with Gasteiger partial charge in [0.15, 0.2) is 5.82 Å². The van der Waals surface area contributed by atoms with Crippen molar-refractivity contribution in [3.05, 3.63) is 70.9 Å². The summed E-state index contributed by atoms with van der Waals surface area (Å²) in [7, 11) is -7.98. The number of thiazole rings is 1. The molecule has 2 aromatic carbocycles. The Morgan fingerprint density at radius 3 is 2.24 bits per heavy atom. The van der Waals surface area contributed by atoms with Crippen LogP contribution in [0.15, 0.2) is 53.6 Å². The van der Waals surface area contributed by atoms with Crippen molar-refractivity contribution in [1.82, 2.24) is 23.6 Å². The van der Waals surface area contributed by atoms with Crippen LogP contribution in [0.3, 0.4) is 0 Å². The maximum absolute atomic E-state index is 16.2. The fourth-order valence-electron chi connectivity index (χ4n) is 6.57. The van der Waals surface area contributed by atoms with E-state index in [9.17, 15) is 21.2 Å². The third-order valence-electron chi connectivity index (χ3n) is 9.31. The van der Waals surface area contributed by atoms with Crippen LogP contribution in [0.2, 0.25) is 0 Å². The third kappa shape index (κ3) is 8.25. The first-order valence-electron chi connectivity index (χ1n) is 17.5. The van der Waals surface area contributed by atoms with E-state index in [-0.39, 0.29) is 29.3 Å². The molecule has 6 rings (SSSR count). The molecule has 11 nitrogen and oxygen atoms in total. The molecular formula is C35H43F2N7O4S3. The molecule has 0 unspecified atom stereocenters. The molecule has 2 aliphatic rings. The van der Waals surface area contributed by atoms with E-state index in [1.165, 1.54) is 41.7 Å². The standard InChI is InChI=1S/C35H43F2N7O4S3/c1-3-24-12-10-14-27(36)34(24)50(45,46)42-28-15-11-13-26(31(28)37)32-33(49-30(4-2)41-32)29-16-19-38-35(40-29)39-25-17-22-44(23-18-25)51(47,48)43-20-8-6-5-7-9-21-43/h10-16,19,25,42H,3-9,17-18,20-23H2,1-2H3,(H,38,39,40). The molecule has 4 heterocycles. The van der Waals surface area contributed by atoms with E-state index in [2.05, 4.69) is 15.0 Å². The number of rotatable bonds is 11. The van der Waals surface area contributed by atoms with E-state index in [1.807, 2.05) is 6.92 Å². The highest BCUT2D eigenvalue weighted by atomic mass is 32.2. The van der Waals surface area contributed by atoms with Gasteiger partial charge < -0.3 is 5.32 Å². The quantitative estimate of drug-likeness (QED) is 0.169. The van der Waals surface area contributed by atoms with Gasteiger partial charge in [-0.3, -0.25) is 4.72 Å². The van der Waals surface area contributed by atoms with Crippen LogP contribution in [0.5, 0.6) is 0 Å². The van der Waals surface area contributed by atoms with Gasteiger partial charge in [-0.1, -0.05) is 51.3 Å². The number of aromatic nitrogens is 3. The Morgan fingerprint density at radius 2 is 1.53 bits per heavy atom. The molecule has 51 heavy (non-hydrogen) atoms. The van der Waals surface area contributed by atoms with Crippen LogP contribution in [-0.2, 0) is 33.1 Å². The summed E-state index contributed by atoms with van der Waals surface area (Å²) >= 11 is 1.35. The molecule has 0 atom stereocenters. The summed E-state index contributed by atoms with van der Waals surface area (Å²) in [5, 5.41) is 4.09. The predicted octanol–water partition coefficient (Wildman–Crippen LogP) is 6.86. The normalized spacial score (nSPS) is 17.2. The first-order valence-corrected chi connectivity index (χ1v) is 21.2. The van der Waals surface area contributed by atoms with Gasteiger partial charge in [0, 0.05) is 44.0 Å². The molecular weight excluding hydrogens is 717 g/mol. The molecule has 2 aromatic heterocycles. The van der Waals surface area contributed by atoms with Crippen LogP contribution in [0, 0.1) is 11.6 Å². The van der Waals surface area contributed by atoms with Crippen molar-refractivity contribution in [3.8, 4) is 21.8 Å². The fraction of sp³-hybridized carbons (Fsp3) is 0.457. The van der Waals surface area contributed by atoms with Gasteiger partial charge in [-0.2, -0.15) is 17.0 Å². The van der Waals surface area contributed by atoms with Crippen LogP contribution in [0.25, 0.3) is 21.8 Å². The van der Waals surface area contributed by atoms with Crippen molar-refractivity contribution in [2.45, 2.75) is 82.6 Å². The molecule has 0 saturated carbocycles. The van der Waals surface area contributed by atoms with Crippen LogP contribution in [-0.4, -0.2) is 72.6 Å². The van der Waals surface area contributed by atoms with E-state index in [4.69, 9.17) is 9.97 Å². The molecule has 0 amide bonds. The van der Waals surface area contributed by atoms with Gasteiger partial charge in [0.2, 0.25) is 5.95 Å². The Kier molecular flexibility index (Phi) is 11.7. The Morgan fingerprint density at radius 1 is 0.843 bits per heavy atom. The second kappa shape index (κ2) is 16.0. The molecule has 2 aliphatic heterocycles. The molecule has 274 valence electrons. The van der Waals surface area contributed by atoms with Gasteiger partial charge in [-0.25, -0.2) is 32.2 Å². The van der Waals surface area contributed by atoms with Gasteiger partial charge in [0.1, 0.15) is 10.7 Å². The average molecular weight is 760 g/mol. The van der Waals surface area contributed by atoms with E-state index in [1.54, 1.807) is 27.8 Å². The maximum atomic E-state index is 16.2. The number of piperidine rings is 1. The molecule has 16 heteroatoms. The topological polar surface area (TPSA) is 137 Å². The van der Waals surface area contributed by atoms with Gasteiger partial charge in [0.25, 0.3) is 20.2 Å². The van der Waals surface area contributed by atoms with Gasteiger partial charge in [-0.05, 0) is 68.4 Å². The fourth-order valence-corrected chi connectivity index (χ4v) is 10.7. The molecule has 2 fully saturated rings. The maximum Gasteiger partial charge on any atom is 0.281 e. The number of hydrogen-bond acceptors (Lipinski definition) is 9. The lowest BCUT2D eigenvalue weighted by Crippen LogP contribution is -2.49. The summed E-state index contributed by atoms with van der Waals surface area (Å²) in [5.74, 6) is -1.41. The Bertz CT molecular complexity index is 2060. The number of aryl methyl sites for hydroxylation is 2. The Labute approximate surface area is 302 Å². The minimum Gasteiger partial charge on any atom is -0.351 e. The van der Waals surface area contributed by atoms with Gasteiger partial charge >= 0.3 is 0 Å². The molecule has 0 bridgehead atoms. The summed E-state index contributed by atoms with van der Waals surface area (Å²) < 4.78 is 89.8. The summed E-state index contributed by atoms with van der Waals surface area (Å²) in [6.45, 7) is 5.57. The highest BCUT2D eigenvalue weighted by molar-refractivity contribution is 7.92. The zero-order valence-electron chi connectivity index (χ0n) is 28.7. The smallest absolute Gasteiger partial charge is 0.281 e. The van der Waals surface area contributed by atoms with Crippen molar-refractivity contribution in [1.29, 1.82) is 0 Å². The number of nitrogens with one attached hydrogen (secondary N) is 2. The van der Waals surface area contributed by atoms with Gasteiger partial charge in [-0.15, -0.1) is 11.3 Å². The number of halogens is 2. The second-order valence-electron chi connectivity index (χ2n) is 12.8. The van der Waals surface area contributed by atoms with Crippen molar-refractivity contribution >= 4 is 43.2 Å². The molecule has 0 radical (unpaired) electrons. The number of nitrogens with zero attached hydrogens (tertiary/aromatic N) is 5. The van der Waals surface area contributed by atoms with Crippen molar-refractivity contribution < 1.29 is 25.6 Å². The SMILES string of the molecule is CCc1nc(-c2cccc(NS(=O)(=O)c3c(F)cccc3CC)c2F)c(-c2ccnc(NC3CCN(S(=O)(=O)N4CCCCCCC4)CC3)n2)s1. The largest absolute Gasteiger partial charge is 0.351 e. The van der Waals surface area contributed by atoms with Crippen LogP contribution >= 0.6 is 11.3 Å². The number of benzene rings is 2. The lowest BCUT2D eigenvalue weighted by atomic mass is 10.1. The van der Waals surface area contributed by atoms with Crippen LogP contribution < -0.4 is 10.0 Å². The molecule has 2 saturated heterocycles. The Balaban J connectivity index is 1.20. The van der Waals surface area contributed by atoms with E-state index >= 15 is 4.39 Å². The van der Waals surface area contributed by atoms with Crippen molar-refractivity contribution in [2.24, 2.45) is 0 Å². The summed E-state index contributed by atoms with van der Waals surface area (Å²) in [5.41, 5.74) is 0.802. The highest BCUT2D eigenvalue weighted by Gasteiger charge is 2.33. The number of sulfonamides is 1. The summed E-state index contributed by atoms with van der Waals surface area (Å²) in [6, 6.07) is 9.99. The third-order valence-corrected chi connectivity index (χ3v) is 14.1. The average Bonchev–Trinajstić information content (AvgIpc) is 3.53. The number of anilines is 2. The minimum absolute atomic E-state index is 0.0454. The second-order valence-corrected chi connectivity index (χ2v) is 17.4. The summed E-state index contributed by atoms with van der Waals surface area (Å²) in [6.07, 6.45) is 8.67. The first-order chi connectivity index (χ1) is 24.5.